The summed E-state index contributed by atoms with van der Waals surface area (Å²) >= 11 is 5.89. The van der Waals surface area contributed by atoms with Gasteiger partial charge in [-0.05, 0) is 43.4 Å². The first-order valence-electron chi connectivity index (χ1n) is 9.20. The fourth-order valence-electron chi connectivity index (χ4n) is 3.10. The first-order chi connectivity index (χ1) is 12.5. The third-order valence-corrected chi connectivity index (χ3v) is 4.92. The van der Waals surface area contributed by atoms with Crippen molar-refractivity contribution in [2.45, 2.75) is 32.3 Å². The van der Waals surface area contributed by atoms with E-state index in [1.807, 2.05) is 19.1 Å². The maximum absolute atomic E-state index is 11.5. The number of amides is 1. The molecule has 0 radical (unpaired) electrons. The number of rotatable bonds is 6. The molecule has 0 aromatic heterocycles. The molecule has 1 atom stereocenters. The van der Waals surface area contributed by atoms with Crippen molar-refractivity contribution in [2.24, 2.45) is 10.9 Å². The van der Waals surface area contributed by atoms with E-state index in [0.29, 0.717) is 23.9 Å². The second kappa shape index (κ2) is 10.4. The maximum atomic E-state index is 11.5. The summed E-state index contributed by atoms with van der Waals surface area (Å²) in [5, 5.41) is 17.0. The molecule has 2 rings (SSSR count). The molecule has 0 bridgehead atoms. The van der Waals surface area contributed by atoms with Crippen LogP contribution < -0.4 is 10.6 Å². The molecule has 1 aliphatic rings. The molecular weight excluding hydrogens is 352 g/mol. The summed E-state index contributed by atoms with van der Waals surface area (Å²) in [6, 6.07) is 7.18. The van der Waals surface area contributed by atoms with Gasteiger partial charge >= 0.3 is 0 Å². The SMILES string of the molecule is CCNC(=NCC(O)c1ccc(Cl)cc1)N1CCC(CC(=O)NC)CC1. The largest absolute Gasteiger partial charge is 0.386 e. The van der Waals surface area contributed by atoms with E-state index in [4.69, 9.17) is 11.6 Å². The Labute approximate surface area is 160 Å². The summed E-state index contributed by atoms with van der Waals surface area (Å²) < 4.78 is 0. The van der Waals surface area contributed by atoms with E-state index in [-0.39, 0.29) is 5.91 Å². The summed E-state index contributed by atoms with van der Waals surface area (Å²) in [5.74, 6) is 1.35. The number of guanidine groups is 1. The zero-order chi connectivity index (χ0) is 18.9. The van der Waals surface area contributed by atoms with E-state index < -0.39 is 6.10 Å². The molecule has 1 unspecified atom stereocenters. The van der Waals surface area contributed by atoms with Gasteiger partial charge in [0, 0.05) is 38.1 Å². The van der Waals surface area contributed by atoms with E-state index in [0.717, 1.165) is 44.0 Å². The standard InChI is InChI=1S/C19H29ClN4O2/c1-3-22-19(23-13-17(25)15-4-6-16(20)7-5-15)24-10-8-14(9-11-24)12-18(26)21-2/h4-7,14,17,25H,3,8-13H2,1-2H3,(H,21,26)(H,22,23). The quantitative estimate of drug-likeness (QED) is 0.522. The molecule has 1 aromatic rings. The number of nitrogens with zero attached hydrogens (tertiary/aromatic N) is 2. The minimum absolute atomic E-state index is 0.107. The summed E-state index contributed by atoms with van der Waals surface area (Å²) in [6.45, 7) is 4.83. The van der Waals surface area contributed by atoms with Gasteiger partial charge in [-0.1, -0.05) is 23.7 Å². The van der Waals surface area contributed by atoms with E-state index in [2.05, 4.69) is 20.5 Å². The molecule has 7 heteroatoms. The Kier molecular flexibility index (Phi) is 8.19. The van der Waals surface area contributed by atoms with Crippen LogP contribution >= 0.6 is 11.6 Å². The zero-order valence-electron chi connectivity index (χ0n) is 15.5. The first-order valence-corrected chi connectivity index (χ1v) is 9.58. The number of nitrogens with one attached hydrogen (secondary N) is 2. The normalized spacial score (nSPS) is 17.1. The lowest BCUT2D eigenvalue weighted by Crippen LogP contribution is -2.46. The minimum atomic E-state index is -0.660. The molecule has 0 saturated carbocycles. The van der Waals surface area contributed by atoms with Gasteiger partial charge < -0.3 is 20.6 Å². The van der Waals surface area contributed by atoms with E-state index in [1.54, 1.807) is 19.2 Å². The summed E-state index contributed by atoms with van der Waals surface area (Å²) in [4.78, 5) is 18.3. The predicted molar refractivity (Wildman–Crippen MR) is 105 cm³/mol. The number of aliphatic hydroxyl groups excluding tert-OH is 1. The Morgan fingerprint density at radius 1 is 1.35 bits per heavy atom. The van der Waals surface area contributed by atoms with Crippen molar-refractivity contribution in [1.82, 2.24) is 15.5 Å². The molecule has 1 aliphatic heterocycles. The molecule has 1 heterocycles. The molecule has 6 nitrogen and oxygen atoms in total. The number of carbonyl (C=O) groups excluding carboxylic acids is 1. The molecule has 0 aliphatic carbocycles. The third-order valence-electron chi connectivity index (χ3n) is 4.67. The van der Waals surface area contributed by atoms with E-state index in [9.17, 15) is 9.90 Å². The molecule has 1 saturated heterocycles. The molecule has 26 heavy (non-hydrogen) atoms. The Morgan fingerprint density at radius 3 is 2.58 bits per heavy atom. The molecule has 1 fully saturated rings. The van der Waals surface area contributed by atoms with Gasteiger partial charge in [-0.2, -0.15) is 0 Å². The van der Waals surface area contributed by atoms with Crippen molar-refractivity contribution in [3.63, 3.8) is 0 Å². The van der Waals surface area contributed by atoms with Crippen molar-refractivity contribution < 1.29 is 9.90 Å². The van der Waals surface area contributed by atoms with Crippen LogP contribution in [0.4, 0.5) is 0 Å². The van der Waals surface area contributed by atoms with Crippen molar-refractivity contribution in [3.8, 4) is 0 Å². The second-order valence-corrected chi connectivity index (χ2v) is 7.01. The van der Waals surface area contributed by atoms with Gasteiger partial charge in [0.1, 0.15) is 0 Å². The van der Waals surface area contributed by atoms with Gasteiger partial charge in [0.05, 0.1) is 12.6 Å². The van der Waals surface area contributed by atoms with Gasteiger partial charge in [-0.25, -0.2) is 0 Å². The Morgan fingerprint density at radius 2 is 2.00 bits per heavy atom. The summed E-state index contributed by atoms with van der Waals surface area (Å²) in [5.41, 5.74) is 0.804. The first kappa shape index (κ1) is 20.5. The topological polar surface area (TPSA) is 77.0 Å². The third kappa shape index (κ3) is 6.18. The van der Waals surface area contributed by atoms with Crippen LogP contribution in [0.5, 0.6) is 0 Å². The Hall–Kier alpha value is -1.79. The van der Waals surface area contributed by atoms with Crippen LogP contribution in [0.15, 0.2) is 29.3 Å². The number of hydrogen-bond acceptors (Lipinski definition) is 3. The molecular formula is C19H29ClN4O2. The number of halogens is 1. The van der Waals surface area contributed by atoms with Crippen LogP contribution in [0, 0.1) is 5.92 Å². The predicted octanol–water partition coefficient (Wildman–Crippen LogP) is 2.19. The average molecular weight is 381 g/mol. The second-order valence-electron chi connectivity index (χ2n) is 6.57. The lowest BCUT2D eigenvalue weighted by Gasteiger charge is -2.34. The van der Waals surface area contributed by atoms with Gasteiger partial charge in [0.15, 0.2) is 5.96 Å². The van der Waals surface area contributed by atoms with Gasteiger partial charge in [0.2, 0.25) is 5.91 Å². The summed E-state index contributed by atoms with van der Waals surface area (Å²) in [7, 11) is 1.68. The number of benzene rings is 1. The highest BCUT2D eigenvalue weighted by molar-refractivity contribution is 6.30. The highest BCUT2D eigenvalue weighted by Gasteiger charge is 2.23. The van der Waals surface area contributed by atoms with Crippen molar-refractivity contribution >= 4 is 23.5 Å². The van der Waals surface area contributed by atoms with Gasteiger partial charge in [-0.3, -0.25) is 9.79 Å². The highest BCUT2D eigenvalue weighted by Crippen LogP contribution is 2.21. The van der Waals surface area contributed by atoms with Crippen molar-refractivity contribution in [2.75, 3.05) is 33.2 Å². The number of likely N-dealkylation sites (tertiary alicyclic amines) is 1. The van der Waals surface area contributed by atoms with Crippen molar-refractivity contribution in [3.05, 3.63) is 34.9 Å². The van der Waals surface area contributed by atoms with Crippen LogP contribution in [0.3, 0.4) is 0 Å². The van der Waals surface area contributed by atoms with E-state index in [1.165, 1.54) is 0 Å². The lowest BCUT2D eigenvalue weighted by molar-refractivity contribution is -0.121. The maximum Gasteiger partial charge on any atom is 0.220 e. The number of piperidine rings is 1. The lowest BCUT2D eigenvalue weighted by atomic mass is 9.93. The number of aliphatic imine (C=N–C) groups is 1. The average Bonchev–Trinajstić information content (AvgIpc) is 2.66. The van der Waals surface area contributed by atoms with Crippen LogP contribution in [0.2, 0.25) is 5.02 Å². The minimum Gasteiger partial charge on any atom is -0.386 e. The monoisotopic (exact) mass is 380 g/mol. The number of aliphatic hydroxyl groups is 1. The van der Waals surface area contributed by atoms with Crippen molar-refractivity contribution in [1.29, 1.82) is 0 Å². The van der Waals surface area contributed by atoms with Crippen LogP contribution in [-0.4, -0.2) is 55.1 Å². The fraction of sp³-hybridized carbons (Fsp3) is 0.579. The molecule has 144 valence electrons. The zero-order valence-corrected chi connectivity index (χ0v) is 16.3. The van der Waals surface area contributed by atoms with Crippen LogP contribution in [0.25, 0.3) is 0 Å². The number of hydrogen-bond donors (Lipinski definition) is 3. The highest BCUT2D eigenvalue weighted by atomic mass is 35.5. The van der Waals surface area contributed by atoms with Gasteiger partial charge in [0.25, 0.3) is 0 Å². The Balaban J connectivity index is 1.92. The Bertz CT molecular complexity index is 598. The fourth-order valence-corrected chi connectivity index (χ4v) is 3.23. The van der Waals surface area contributed by atoms with Crippen LogP contribution in [-0.2, 0) is 4.79 Å². The number of carbonyl (C=O) groups is 1. The van der Waals surface area contributed by atoms with Gasteiger partial charge in [-0.15, -0.1) is 0 Å². The molecule has 1 amide bonds. The molecule has 3 N–H and O–H groups in total. The molecule has 0 spiro atoms. The van der Waals surface area contributed by atoms with E-state index >= 15 is 0 Å². The smallest absolute Gasteiger partial charge is 0.220 e. The molecule has 1 aromatic carbocycles. The van der Waals surface area contributed by atoms with Crippen LogP contribution in [0.1, 0.15) is 37.9 Å². The summed E-state index contributed by atoms with van der Waals surface area (Å²) in [6.07, 6.45) is 1.87.